The molecule has 1 fully saturated rings. The number of aryl methyl sites for hydroxylation is 1. The van der Waals surface area contributed by atoms with Gasteiger partial charge < -0.3 is 9.30 Å². The van der Waals surface area contributed by atoms with E-state index in [-0.39, 0.29) is 26.4 Å². The molecule has 2 heterocycles. The van der Waals surface area contributed by atoms with Crippen LogP contribution in [0, 0.1) is 20.8 Å². The van der Waals surface area contributed by atoms with Crippen molar-refractivity contribution in [3.8, 4) is 5.69 Å². The second-order valence-electron chi connectivity index (χ2n) is 8.13. The van der Waals surface area contributed by atoms with Gasteiger partial charge in [-0.25, -0.2) is 4.79 Å². The van der Waals surface area contributed by atoms with Crippen molar-refractivity contribution in [1.82, 2.24) is 9.88 Å². The molecule has 1 aliphatic heterocycles. The molecule has 184 valence electrons. The van der Waals surface area contributed by atoms with Crippen molar-refractivity contribution in [2.45, 2.75) is 20.8 Å². The number of ether oxygens (including phenoxy) is 1. The molecule has 10 heteroatoms. The van der Waals surface area contributed by atoms with Crippen LogP contribution < -0.4 is 10.2 Å². The van der Waals surface area contributed by atoms with Gasteiger partial charge in [-0.2, -0.15) is 0 Å². The second kappa shape index (κ2) is 9.89. The first-order chi connectivity index (χ1) is 17.1. The molecule has 1 N–H and O–H groups in total. The van der Waals surface area contributed by atoms with Crippen LogP contribution in [0.5, 0.6) is 0 Å². The number of amides is 2. The van der Waals surface area contributed by atoms with Crippen molar-refractivity contribution >= 4 is 70.1 Å². The Kier molecular flexibility index (Phi) is 7.04. The Balaban J connectivity index is 1.81. The summed E-state index contributed by atoms with van der Waals surface area (Å²) in [6.07, 6.45) is 1.52. The van der Waals surface area contributed by atoms with Crippen molar-refractivity contribution in [2.75, 3.05) is 12.0 Å². The number of benzene rings is 2. The van der Waals surface area contributed by atoms with Gasteiger partial charge in [-0.15, -0.1) is 0 Å². The average molecular weight is 542 g/mol. The molecule has 0 unspecified atom stereocenters. The largest absolute Gasteiger partial charge is 0.465 e. The third-order valence-electron chi connectivity index (χ3n) is 6.00. The molecule has 0 spiro atoms. The van der Waals surface area contributed by atoms with E-state index in [0.29, 0.717) is 11.1 Å². The fourth-order valence-corrected chi connectivity index (χ4v) is 4.85. The summed E-state index contributed by atoms with van der Waals surface area (Å²) in [5.74, 6) is -1.67. The van der Waals surface area contributed by atoms with Crippen molar-refractivity contribution < 1.29 is 19.1 Å². The van der Waals surface area contributed by atoms with Gasteiger partial charge >= 0.3 is 5.97 Å². The molecule has 1 aliphatic rings. The van der Waals surface area contributed by atoms with Crippen LogP contribution in [-0.4, -0.2) is 34.6 Å². The Morgan fingerprint density at radius 2 is 1.72 bits per heavy atom. The molecule has 3 aromatic rings. The molecule has 1 aromatic heterocycles. The molecule has 2 aromatic carbocycles. The van der Waals surface area contributed by atoms with E-state index in [4.69, 9.17) is 40.2 Å². The van der Waals surface area contributed by atoms with E-state index in [9.17, 15) is 14.4 Å². The van der Waals surface area contributed by atoms with Gasteiger partial charge in [0, 0.05) is 17.1 Å². The molecule has 36 heavy (non-hydrogen) atoms. The number of hydrogen-bond donors (Lipinski definition) is 1. The summed E-state index contributed by atoms with van der Waals surface area (Å²) in [4.78, 5) is 39.6. The van der Waals surface area contributed by atoms with E-state index in [1.807, 2.05) is 37.5 Å². The number of thiocarbonyl (C=S) groups is 1. The van der Waals surface area contributed by atoms with Crippen LogP contribution in [-0.2, 0) is 14.3 Å². The summed E-state index contributed by atoms with van der Waals surface area (Å²) in [5.41, 5.74) is 4.40. The predicted octanol–water partition coefficient (Wildman–Crippen LogP) is 5.33. The zero-order valence-electron chi connectivity index (χ0n) is 19.8. The third-order valence-corrected chi connectivity index (χ3v) is 7.09. The summed E-state index contributed by atoms with van der Waals surface area (Å²) >= 11 is 17.7. The number of carbonyl (C=O) groups is 3. The van der Waals surface area contributed by atoms with Gasteiger partial charge in [0.25, 0.3) is 11.8 Å². The molecule has 1 saturated heterocycles. The van der Waals surface area contributed by atoms with Gasteiger partial charge in [0.1, 0.15) is 5.57 Å². The molecule has 0 saturated carbocycles. The van der Waals surface area contributed by atoms with Gasteiger partial charge in [0.05, 0.1) is 28.4 Å². The van der Waals surface area contributed by atoms with Gasteiger partial charge in [0.15, 0.2) is 5.11 Å². The number of carbonyl (C=O) groups excluding carboxylic acids is 3. The Bertz CT molecular complexity index is 1490. The molecule has 0 radical (unpaired) electrons. The third kappa shape index (κ3) is 4.32. The summed E-state index contributed by atoms with van der Waals surface area (Å²) in [6, 6.07) is 12.0. The first kappa shape index (κ1) is 25.6. The van der Waals surface area contributed by atoms with Crippen molar-refractivity contribution in [1.29, 1.82) is 0 Å². The second-order valence-corrected chi connectivity index (χ2v) is 9.31. The number of rotatable bonds is 4. The first-order valence-corrected chi connectivity index (χ1v) is 12.0. The molecular weight excluding hydrogens is 521 g/mol. The summed E-state index contributed by atoms with van der Waals surface area (Å²) in [6.45, 7) is 5.60. The van der Waals surface area contributed by atoms with Gasteiger partial charge in [0.2, 0.25) is 0 Å². The van der Waals surface area contributed by atoms with Crippen LogP contribution in [0.15, 0.2) is 48.0 Å². The van der Waals surface area contributed by atoms with Crippen LogP contribution in [0.4, 0.5) is 5.69 Å². The summed E-state index contributed by atoms with van der Waals surface area (Å²) in [7, 11) is 1.34. The van der Waals surface area contributed by atoms with E-state index in [1.54, 1.807) is 30.3 Å². The molecule has 7 nitrogen and oxygen atoms in total. The highest BCUT2D eigenvalue weighted by atomic mass is 35.5. The predicted molar refractivity (Wildman–Crippen MR) is 144 cm³/mol. The average Bonchev–Trinajstić information content (AvgIpc) is 3.11. The number of methoxy groups -OCH3 is 1. The maximum Gasteiger partial charge on any atom is 0.338 e. The zero-order chi connectivity index (χ0) is 26.3. The standard InChI is InChI=1S/C26H21Cl2N3O4S/c1-13-11-16(15(3)30(13)20-9-5-7-17(14(20)2)25(34)35-4)12-18-23(32)29-26(36)31(24(18)33)21-10-6-8-19(27)22(21)28/h5-12H,1-4H3,(H,29,32,36)/b18-12+. The van der Waals surface area contributed by atoms with E-state index < -0.39 is 17.8 Å². The molecule has 0 aliphatic carbocycles. The topological polar surface area (TPSA) is 80.6 Å². The Morgan fingerprint density at radius 3 is 2.42 bits per heavy atom. The van der Waals surface area contributed by atoms with Crippen LogP contribution in [0.25, 0.3) is 11.8 Å². The van der Waals surface area contributed by atoms with Crippen molar-refractivity contribution in [3.05, 3.63) is 86.2 Å². The van der Waals surface area contributed by atoms with Gasteiger partial charge in [-0.3, -0.25) is 19.8 Å². The monoisotopic (exact) mass is 541 g/mol. The highest BCUT2D eigenvalue weighted by Crippen LogP contribution is 2.35. The number of esters is 1. The molecule has 0 atom stereocenters. The minimum Gasteiger partial charge on any atom is -0.465 e. The maximum absolute atomic E-state index is 13.4. The number of halogens is 2. The Hall–Kier alpha value is -3.46. The van der Waals surface area contributed by atoms with Crippen molar-refractivity contribution in [2.24, 2.45) is 0 Å². The SMILES string of the molecule is COC(=O)c1cccc(-n2c(C)cc(/C=C3\C(=O)NC(=S)N(c4cccc(Cl)c4Cl)C3=O)c2C)c1C. The van der Waals surface area contributed by atoms with Crippen LogP contribution >= 0.6 is 35.4 Å². The minimum atomic E-state index is -0.624. The molecular formula is C26H21Cl2N3O4S. The lowest BCUT2D eigenvalue weighted by Crippen LogP contribution is -2.54. The lowest BCUT2D eigenvalue weighted by Gasteiger charge is -2.29. The van der Waals surface area contributed by atoms with Gasteiger partial charge in [-0.1, -0.05) is 35.3 Å². The number of aromatic nitrogens is 1. The lowest BCUT2D eigenvalue weighted by atomic mass is 10.1. The first-order valence-electron chi connectivity index (χ1n) is 10.8. The van der Waals surface area contributed by atoms with Crippen LogP contribution in [0.3, 0.4) is 0 Å². The van der Waals surface area contributed by atoms with E-state index in [2.05, 4.69) is 5.32 Å². The quantitative estimate of drug-likeness (QED) is 0.209. The fourth-order valence-electron chi connectivity index (χ4n) is 4.20. The maximum atomic E-state index is 13.4. The zero-order valence-corrected chi connectivity index (χ0v) is 22.1. The number of nitrogens with zero attached hydrogens (tertiary/aromatic N) is 2. The summed E-state index contributed by atoms with van der Waals surface area (Å²) < 4.78 is 6.85. The van der Waals surface area contributed by atoms with Gasteiger partial charge in [-0.05, 0) is 80.5 Å². The minimum absolute atomic E-state index is 0.0907. The normalized spacial score (nSPS) is 14.9. The lowest BCUT2D eigenvalue weighted by molar-refractivity contribution is -0.122. The van der Waals surface area contributed by atoms with E-state index in [0.717, 1.165) is 27.5 Å². The molecule has 4 rings (SSSR count). The highest BCUT2D eigenvalue weighted by molar-refractivity contribution is 7.80. The number of nitrogens with one attached hydrogen (secondary N) is 1. The van der Waals surface area contributed by atoms with E-state index >= 15 is 0 Å². The number of anilines is 1. The Morgan fingerprint density at radius 1 is 1.06 bits per heavy atom. The molecule has 2 amide bonds. The number of hydrogen-bond acceptors (Lipinski definition) is 5. The fraction of sp³-hybridized carbons (Fsp3) is 0.154. The smallest absolute Gasteiger partial charge is 0.338 e. The highest BCUT2D eigenvalue weighted by Gasteiger charge is 2.36. The van der Waals surface area contributed by atoms with Crippen LogP contribution in [0.1, 0.15) is 32.9 Å². The summed E-state index contributed by atoms with van der Waals surface area (Å²) in [5, 5.41) is 2.86. The van der Waals surface area contributed by atoms with Crippen LogP contribution in [0.2, 0.25) is 10.0 Å². The Labute approximate surface area is 223 Å². The van der Waals surface area contributed by atoms with E-state index in [1.165, 1.54) is 13.2 Å². The molecule has 0 bridgehead atoms. The van der Waals surface area contributed by atoms with Crippen molar-refractivity contribution in [3.63, 3.8) is 0 Å².